The summed E-state index contributed by atoms with van der Waals surface area (Å²) < 4.78 is 22.4. The van der Waals surface area contributed by atoms with Crippen LogP contribution in [0, 0.1) is 0 Å². The Morgan fingerprint density at radius 2 is 1.79 bits per heavy atom. The number of esters is 1. The Morgan fingerprint density at radius 1 is 1.05 bits per heavy atom. The molecule has 0 radical (unpaired) electrons. The lowest BCUT2D eigenvalue weighted by atomic mass is 10.1. The summed E-state index contributed by atoms with van der Waals surface area (Å²) in [6, 6.07) is 13.2. The number of amides is 2. The van der Waals surface area contributed by atoms with Gasteiger partial charge in [0.15, 0.2) is 24.1 Å². The highest BCUT2D eigenvalue weighted by Crippen LogP contribution is 2.39. The molecule has 0 aliphatic carbocycles. The largest absolute Gasteiger partial charge is 0.490 e. The van der Waals surface area contributed by atoms with Crippen LogP contribution < -0.4 is 9.47 Å². The van der Waals surface area contributed by atoms with Crippen molar-refractivity contribution in [2.24, 2.45) is 0 Å². The number of rotatable bonds is 10. The van der Waals surface area contributed by atoms with Crippen molar-refractivity contribution in [2.75, 3.05) is 46.1 Å². The van der Waals surface area contributed by atoms with E-state index < -0.39 is 12.0 Å². The van der Waals surface area contributed by atoms with E-state index in [0.29, 0.717) is 60.4 Å². The van der Waals surface area contributed by atoms with E-state index in [9.17, 15) is 14.4 Å². The SMILES string of the molecule is CCOC(=O)C(c1ccccc1)N1C(=O)/C(=C\c2ccc(OCC(=O)N3CCOCC3)c(OCC)c2)SC1=S. The summed E-state index contributed by atoms with van der Waals surface area (Å²) in [4.78, 5) is 42.2. The number of hydrogen-bond donors (Lipinski definition) is 0. The fourth-order valence-corrected chi connectivity index (χ4v) is 5.46. The molecule has 2 amide bonds. The molecular weight excluding hydrogens is 540 g/mol. The summed E-state index contributed by atoms with van der Waals surface area (Å²) >= 11 is 6.64. The monoisotopic (exact) mass is 570 g/mol. The van der Waals surface area contributed by atoms with Gasteiger partial charge in [0.2, 0.25) is 0 Å². The molecule has 2 saturated heterocycles. The fourth-order valence-electron chi connectivity index (χ4n) is 4.15. The summed E-state index contributed by atoms with van der Waals surface area (Å²) in [5, 5.41) is 0. The molecule has 2 fully saturated rings. The van der Waals surface area contributed by atoms with Crippen molar-refractivity contribution in [1.82, 2.24) is 9.80 Å². The first-order valence-corrected chi connectivity index (χ1v) is 13.9. The van der Waals surface area contributed by atoms with E-state index in [1.165, 1.54) is 4.90 Å². The summed E-state index contributed by atoms with van der Waals surface area (Å²) in [5.41, 5.74) is 1.29. The molecule has 2 aromatic rings. The summed E-state index contributed by atoms with van der Waals surface area (Å²) in [5.74, 6) is -0.183. The summed E-state index contributed by atoms with van der Waals surface area (Å²) in [6.45, 7) is 6.12. The first kappa shape index (κ1) is 28.6. The molecule has 2 aromatic carbocycles. The van der Waals surface area contributed by atoms with Crippen LogP contribution in [0.4, 0.5) is 0 Å². The molecule has 206 valence electrons. The molecule has 0 aromatic heterocycles. The van der Waals surface area contributed by atoms with Crippen LogP contribution in [0.15, 0.2) is 53.4 Å². The van der Waals surface area contributed by atoms with Gasteiger partial charge in [0.1, 0.15) is 4.32 Å². The fraction of sp³-hybridized carbons (Fsp3) is 0.357. The zero-order valence-electron chi connectivity index (χ0n) is 21.8. The standard InChI is InChI=1S/C28H30N2O7S2/c1-3-35-22-16-19(10-11-21(22)37-18-24(31)29-12-14-34-15-13-29)17-23-26(32)30(28(38)39-23)25(27(33)36-4-2)20-8-6-5-7-9-20/h5-11,16-17,25H,3-4,12-15,18H2,1-2H3/b23-17+. The van der Waals surface area contributed by atoms with Crippen molar-refractivity contribution in [1.29, 1.82) is 0 Å². The molecule has 1 unspecified atom stereocenters. The Hall–Kier alpha value is -3.41. The molecule has 0 N–H and O–H groups in total. The number of thioether (sulfide) groups is 1. The number of ether oxygens (including phenoxy) is 4. The Morgan fingerprint density at radius 3 is 2.49 bits per heavy atom. The summed E-state index contributed by atoms with van der Waals surface area (Å²) in [6.07, 6.45) is 1.69. The maximum Gasteiger partial charge on any atom is 0.333 e. The lowest BCUT2D eigenvalue weighted by Gasteiger charge is -2.26. The number of carbonyl (C=O) groups excluding carboxylic acids is 3. The lowest BCUT2D eigenvalue weighted by Crippen LogP contribution is -2.43. The van der Waals surface area contributed by atoms with Crippen LogP contribution in [0.25, 0.3) is 6.08 Å². The number of benzene rings is 2. The van der Waals surface area contributed by atoms with Gasteiger partial charge in [-0.15, -0.1) is 0 Å². The minimum Gasteiger partial charge on any atom is -0.490 e. The molecule has 0 saturated carbocycles. The van der Waals surface area contributed by atoms with E-state index in [-0.39, 0.29) is 29.3 Å². The molecule has 4 rings (SSSR count). The van der Waals surface area contributed by atoms with Crippen LogP contribution in [0.3, 0.4) is 0 Å². The highest BCUT2D eigenvalue weighted by atomic mass is 32.2. The van der Waals surface area contributed by atoms with Gasteiger partial charge in [-0.25, -0.2) is 4.79 Å². The molecule has 39 heavy (non-hydrogen) atoms. The van der Waals surface area contributed by atoms with Crippen LogP contribution in [0.2, 0.25) is 0 Å². The van der Waals surface area contributed by atoms with Crippen molar-refractivity contribution in [2.45, 2.75) is 19.9 Å². The van der Waals surface area contributed by atoms with Crippen molar-refractivity contribution < 1.29 is 33.3 Å². The maximum atomic E-state index is 13.5. The van der Waals surface area contributed by atoms with Gasteiger partial charge in [-0.3, -0.25) is 14.5 Å². The van der Waals surface area contributed by atoms with E-state index in [2.05, 4.69) is 0 Å². The number of nitrogens with zero attached hydrogens (tertiary/aromatic N) is 2. The molecule has 1 atom stereocenters. The second-order valence-electron chi connectivity index (χ2n) is 8.54. The van der Waals surface area contributed by atoms with Crippen molar-refractivity contribution in [3.63, 3.8) is 0 Å². The minimum atomic E-state index is -0.983. The first-order chi connectivity index (χ1) is 18.9. The normalized spacial score (nSPS) is 17.3. The quantitative estimate of drug-likeness (QED) is 0.240. The van der Waals surface area contributed by atoms with E-state index in [1.807, 2.05) is 13.0 Å². The third-order valence-electron chi connectivity index (χ3n) is 5.99. The zero-order chi connectivity index (χ0) is 27.8. The van der Waals surface area contributed by atoms with Crippen molar-refractivity contribution in [3.8, 4) is 11.5 Å². The lowest BCUT2D eigenvalue weighted by molar-refractivity contribution is -0.151. The zero-order valence-corrected chi connectivity index (χ0v) is 23.4. The Balaban J connectivity index is 1.53. The van der Waals surface area contributed by atoms with E-state index in [1.54, 1.807) is 60.4 Å². The Labute approximate surface area is 237 Å². The number of thiocarbonyl (C=S) groups is 1. The van der Waals surface area contributed by atoms with Crippen LogP contribution in [0.5, 0.6) is 11.5 Å². The molecule has 0 spiro atoms. The molecule has 2 heterocycles. The van der Waals surface area contributed by atoms with Gasteiger partial charge in [0.25, 0.3) is 11.8 Å². The minimum absolute atomic E-state index is 0.118. The average molecular weight is 571 g/mol. The number of morpholine rings is 1. The Kier molecular flexibility index (Phi) is 9.96. The second-order valence-corrected chi connectivity index (χ2v) is 10.2. The molecule has 9 nitrogen and oxygen atoms in total. The second kappa shape index (κ2) is 13.6. The molecular formula is C28H30N2O7S2. The number of hydrogen-bond acceptors (Lipinski definition) is 9. The van der Waals surface area contributed by atoms with Crippen LogP contribution in [-0.4, -0.2) is 78.0 Å². The molecule has 0 bridgehead atoms. The predicted molar refractivity (Wildman–Crippen MR) is 151 cm³/mol. The first-order valence-electron chi connectivity index (χ1n) is 12.7. The van der Waals surface area contributed by atoms with Gasteiger partial charge in [-0.2, -0.15) is 0 Å². The maximum absolute atomic E-state index is 13.5. The van der Waals surface area contributed by atoms with Gasteiger partial charge >= 0.3 is 5.97 Å². The Bertz CT molecular complexity index is 1250. The van der Waals surface area contributed by atoms with Gasteiger partial charge in [0.05, 0.1) is 31.3 Å². The van der Waals surface area contributed by atoms with Crippen molar-refractivity contribution >= 4 is 52.2 Å². The number of carbonyl (C=O) groups is 3. The predicted octanol–water partition coefficient (Wildman–Crippen LogP) is 3.83. The molecule has 2 aliphatic rings. The third-order valence-corrected chi connectivity index (χ3v) is 7.32. The van der Waals surface area contributed by atoms with Crippen molar-refractivity contribution in [3.05, 3.63) is 64.6 Å². The summed E-state index contributed by atoms with van der Waals surface area (Å²) in [7, 11) is 0. The molecule has 2 aliphatic heterocycles. The van der Waals surface area contributed by atoms with Crippen LogP contribution in [-0.2, 0) is 23.9 Å². The van der Waals surface area contributed by atoms with Gasteiger partial charge in [-0.05, 0) is 43.2 Å². The highest BCUT2D eigenvalue weighted by Gasteiger charge is 2.42. The molecule has 11 heteroatoms. The smallest absolute Gasteiger partial charge is 0.333 e. The van der Waals surface area contributed by atoms with Gasteiger partial charge < -0.3 is 23.8 Å². The van der Waals surface area contributed by atoms with Crippen LogP contribution >= 0.6 is 24.0 Å². The highest BCUT2D eigenvalue weighted by molar-refractivity contribution is 8.26. The van der Waals surface area contributed by atoms with E-state index >= 15 is 0 Å². The topological polar surface area (TPSA) is 94.6 Å². The average Bonchev–Trinajstić information content (AvgIpc) is 3.22. The van der Waals surface area contributed by atoms with E-state index in [0.717, 1.165) is 11.8 Å². The van der Waals surface area contributed by atoms with Gasteiger partial charge in [0, 0.05) is 13.1 Å². The van der Waals surface area contributed by atoms with E-state index in [4.69, 9.17) is 31.2 Å². The van der Waals surface area contributed by atoms with Gasteiger partial charge in [-0.1, -0.05) is 60.4 Å². The van der Waals surface area contributed by atoms with Crippen LogP contribution in [0.1, 0.15) is 31.0 Å². The third kappa shape index (κ3) is 6.97.